The highest BCUT2D eigenvalue weighted by Crippen LogP contribution is 2.14. The largest absolute Gasteiger partial charge is 0.481 e. The van der Waals surface area contributed by atoms with Crippen molar-refractivity contribution in [3.8, 4) is 0 Å². The van der Waals surface area contributed by atoms with Gasteiger partial charge in [-0.2, -0.15) is 0 Å². The van der Waals surface area contributed by atoms with Gasteiger partial charge < -0.3 is 24.8 Å². The van der Waals surface area contributed by atoms with Crippen LogP contribution in [0.1, 0.15) is 39.0 Å². The number of aliphatic carboxylic acids is 2. The molecule has 0 saturated carbocycles. The van der Waals surface area contributed by atoms with E-state index in [1.807, 2.05) is 0 Å². The molecule has 0 aromatic rings. The van der Waals surface area contributed by atoms with Crippen LogP contribution in [0.4, 0.5) is 0 Å². The van der Waals surface area contributed by atoms with Gasteiger partial charge in [-0.1, -0.05) is 13.3 Å². The Morgan fingerprint density at radius 3 is 2.29 bits per heavy atom. The van der Waals surface area contributed by atoms with Crippen molar-refractivity contribution in [2.45, 2.75) is 45.1 Å². The SMILES string of the molecule is CCCCOCCOCC(O)C(CCCC(=O)O)C(=O)O. The summed E-state index contributed by atoms with van der Waals surface area (Å²) in [6, 6.07) is 0. The Morgan fingerprint density at radius 2 is 1.71 bits per heavy atom. The van der Waals surface area contributed by atoms with E-state index in [1.54, 1.807) is 0 Å². The van der Waals surface area contributed by atoms with Crippen LogP contribution in [-0.4, -0.2) is 59.8 Å². The first kappa shape index (κ1) is 19.8. The molecule has 0 rings (SSSR count). The van der Waals surface area contributed by atoms with Gasteiger partial charge >= 0.3 is 11.9 Å². The standard InChI is InChI=1S/C14H26O7/c1-2-3-7-20-8-9-21-10-12(15)11(14(18)19)5-4-6-13(16)17/h11-12,15H,2-10H2,1H3,(H,16,17)(H,18,19). The molecule has 0 aliphatic rings. The minimum absolute atomic E-state index is 0.0961. The number of ether oxygens (including phenoxy) is 2. The second-order valence-corrected chi connectivity index (χ2v) is 4.84. The van der Waals surface area contributed by atoms with E-state index in [0.717, 1.165) is 12.8 Å². The molecule has 7 heteroatoms. The third-order valence-corrected chi connectivity index (χ3v) is 2.99. The first-order chi connectivity index (χ1) is 9.99. The fraction of sp³-hybridized carbons (Fsp3) is 0.857. The van der Waals surface area contributed by atoms with Gasteiger partial charge in [-0.25, -0.2) is 0 Å². The van der Waals surface area contributed by atoms with Gasteiger partial charge in [-0.15, -0.1) is 0 Å². The molecule has 0 fully saturated rings. The molecule has 0 saturated heterocycles. The Morgan fingerprint density at radius 1 is 1.05 bits per heavy atom. The number of hydrogen-bond donors (Lipinski definition) is 3. The van der Waals surface area contributed by atoms with Gasteiger partial charge in [-0.3, -0.25) is 9.59 Å². The van der Waals surface area contributed by atoms with Crippen LogP contribution >= 0.6 is 0 Å². The number of carboxylic acids is 2. The number of aliphatic hydroxyl groups excluding tert-OH is 1. The first-order valence-corrected chi connectivity index (χ1v) is 7.27. The Kier molecular flexibility index (Phi) is 11.8. The van der Waals surface area contributed by atoms with Crippen molar-refractivity contribution in [2.75, 3.05) is 26.4 Å². The summed E-state index contributed by atoms with van der Waals surface area (Å²) in [6.07, 6.45) is 1.10. The predicted octanol–water partition coefficient (Wildman–Crippen LogP) is 1.14. The van der Waals surface area contributed by atoms with Crippen LogP contribution in [0, 0.1) is 5.92 Å². The van der Waals surface area contributed by atoms with Crippen molar-refractivity contribution in [1.82, 2.24) is 0 Å². The fourth-order valence-corrected chi connectivity index (χ4v) is 1.74. The third kappa shape index (κ3) is 11.2. The van der Waals surface area contributed by atoms with E-state index in [1.165, 1.54) is 0 Å². The number of hydrogen-bond acceptors (Lipinski definition) is 5. The van der Waals surface area contributed by atoms with E-state index in [9.17, 15) is 14.7 Å². The van der Waals surface area contributed by atoms with E-state index in [-0.39, 0.29) is 25.9 Å². The molecule has 0 aliphatic carbocycles. The van der Waals surface area contributed by atoms with E-state index in [2.05, 4.69) is 6.92 Å². The maximum absolute atomic E-state index is 11.0. The number of carboxylic acid groups (broad SMARTS) is 2. The van der Waals surface area contributed by atoms with Gasteiger partial charge in [-0.05, 0) is 19.3 Å². The summed E-state index contributed by atoms with van der Waals surface area (Å²) in [5, 5.41) is 27.3. The average molecular weight is 306 g/mol. The lowest BCUT2D eigenvalue weighted by Gasteiger charge is -2.18. The van der Waals surface area contributed by atoms with Gasteiger partial charge in [0.15, 0.2) is 0 Å². The summed E-state index contributed by atoms with van der Waals surface area (Å²) in [6.45, 7) is 3.33. The van der Waals surface area contributed by atoms with Gasteiger partial charge in [0.25, 0.3) is 0 Å². The van der Waals surface area contributed by atoms with Crippen molar-refractivity contribution in [2.24, 2.45) is 5.92 Å². The molecule has 0 aliphatic heterocycles. The normalized spacial score (nSPS) is 13.8. The Balaban J connectivity index is 3.82. The highest BCUT2D eigenvalue weighted by Gasteiger charge is 2.26. The minimum Gasteiger partial charge on any atom is -0.481 e. The van der Waals surface area contributed by atoms with Crippen molar-refractivity contribution in [3.05, 3.63) is 0 Å². The quantitative estimate of drug-likeness (QED) is 0.412. The third-order valence-electron chi connectivity index (χ3n) is 2.99. The molecular formula is C14H26O7. The summed E-state index contributed by atoms with van der Waals surface area (Å²) >= 11 is 0. The molecular weight excluding hydrogens is 280 g/mol. The Bertz CT molecular complexity index is 293. The number of aliphatic hydroxyl groups is 1. The number of rotatable bonds is 14. The zero-order chi connectivity index (χ0) is 16.1. The molecule has 3 N–H and O–H groups in total. The highest BCUT2D eigenvalue weighted by molar-refractivity contribution is 5.71. The molecule has 0 bridgehead atoms. The summed E-state index contributed by atoms with van der Waals surface area (Å²) in [5.74, 6) is -3.13. The van der Waals surface area contributed by atoms with Gasteiger partial charge in [0.2, 0.25) is 0 Å². The average Bonchev–Trinajstić information content (AvgIpc) is 2.41. The lowest BCUT2D eigenvalue weighted by Crippen LogP contribution is -2.32. The van der Waals surface area contributed by atoms with Crippen molar-refractivity contribution in [1.29, 1.82) is 0 Å². The van der Waals surface area contributed by atoms with Crippen LogP contribution in [-0.2, 0) is 19.1 Å². The molecule has 0 amide bonds. The van der Waals surface area contributed by atoms with Crippen molar-refractivity contribution >= 4 is 11.9 Å². The summed E-state index contributed by atoms with van der Waals surface area (Å²) in [7, 11) is 0. The molecule has 0 aromatic heterocycles. The number of carbonyl (C=O) groups is 2. The van der Waals surface area contributed by atoms with Crippen LogP contribution in [0.5, 0.6) is 0 Å². The lowest BCUT2D eigenvalue weighted by atomic mass is 9.96. The van der Waals surface area contributed by atoms with Crippen LogP contribution in [0.25, 0.3) is 0 Å². The van der Waals surface area contributed by atoms with E-state index in [0.29, 0.717) is 19.8 Å². The summed E-state index contributed by atoms with van der Waals surface area (Å²) < 4.78 is 10.4. The van der Waals surface area contributed by atoms with Crippen molar-refractivity contribution in [3.63, 3.8) is 0 Å². The Labute approximate surface area is 124 Å². The van der Waals surface area contributed by atoms with Crippen LogP contribution in [0.3, 0.4) is 0 Å². The predicted molar refractivity (Wildman–Crippen MR) is 75.2 cm³/mol. The molecule has 2 unspecified atom stereocenters. The zero-order valence-corrected chi connectivity index (χ0v) is 12.5. The number of unbranched alkanes of at least 4 members (excludes halogenated alkanes) is 1. The second kappa shape index (κ2) is 12.6. The molecule has 21 heavy (non-hydrogen) atoms. The summed E-state index contributed by atoms with van der Waals surface area (Å²) in [4.78, 5) is 21.4. The van der Waals surface area contributed by atoms with E-state index < -0.39 is 24.0 Å². The highest BCUT2D eigenvalue weighted by atomic mass is 16.5. The molecule has 0 heterocycles. The summed E-state index contributed by atoms with van der Waals surface area (Å²) in [5.41, 5.74) is 0. The smallest absolute Gasteiger partial charge is 0.309 e. The molecule has 124 valence electrons. The van der Waals surface area contributed by atoms with Crippen LogP contribution in [0.2, 0.25) is 0 Å². The van der Waals surface area contributed by atoms with Gasteiger partial charge in [0, 0.05) is 13.0 Å². The molecule has 0 spiro atoms. The maximum atomic E-state index is 11.0. The van der Waals surface area contributed by atoms with Crippen LogP contribution in [0.15, 0.2) is 0 Å². The van der Waals surface area contributed by atoms with Crippen molar-refractivity contribution < 1.29 is 34.4 Å². The Hall–Kier alpha value is -1.18. The van der Waals surface area contributed by atoms with Gasteiger partial charge in [0.1, 0.15) is 0 Å². The van der Waals surface area contributed by atoms with Crippen LogP contribution < -0.4 is 0 Å². The maximum Gasteiger partial charge on any atom is 0.309 e. The first-order valence-electron chi connectivity index (χ1n) is 7.27. The van der Waals surface area contributed by atoms with E-state index in [4.69, 9.17) is 19.7 Å². The zero-order valence-electron chi connectivity index (χ0n) is 12.5. The topological polar surface area (TPSA) is 113 Å². The monoisotopic (exact) mass is 306 g/mol. The molecule has 7 nitrogen and oxygen atoms in total. The second-order valence-electron chi connectivity index (χ2n) is 4.84. The molecule has 2 atom stereocenters. The molecule has 0 radical (unpaired) electrons. The minimum atomic E-state index is -1.15. The lowest BCUT2D eigenvalue weighted by molar-refractivity contribution is -0.148. The fourth-order valence-electron chi connectivity index (χ4n) is 1.74. The van der Waals surface area contributed by atoms with E-state index >= 15 is 0 Å². The molecule has 0 aromatic carbocycles. The van der Waals surface area contributed by atoms with Gasteiger partial charge in [0.05, 0.1) is 31.8 Å².